The second-order valence-corrected chi connectivity index (χ2v) is 5.84. The molecule has 0 fully saturated rings. The van der Waals surface area contributed by atoms with Gasteiger partial charge in [0.2, 0.25) is 0 Å². The van der Waals surface area contributed by atoms with Gasteiger partial charge in [-0.25, -0.2) is 4.98 Å². The molecule has 1 N–H and O–H groups in total. The first kappa shape index (κ1) is 17.4. The number of nitro groups is 1. The average Bonchev–Trinajstić information content (AvgIpc) is 2.66. The number of nitrogens with one attached hydrogen (secondary N) is 1. The molecule has 132 valence electrons. The third kappa shape index (κ3) is 3.64. The standard InChI is InChI=1S/C20H19N3O3/c1-14-12-19(21-13-17(14)23(24)25)22-20(15-8-4-3-5-9-15)16-10-6-7-11-18(16)26-2/h3-13,20H,1-2H3,(H,21,22). The van der Waals surface area contributed by atoms with E-state index in [1.165, 1.54) is 6.20 Å². The molecule has 0 amide bonds. The monoisotopic (exact) mass is 349 g/mol. The topological polar surface area (TPSA) is 77.3 Å². The van der Waals surface area contributed by atoms with Crippen molar-refractivity contribution in [1.82, 2.24) is 4.98 Å². The number of hydrogen-bond donors (Lipinski definition) is 1. The van der Waals surface area contributed by atoms with Crippen LogP contribution in [0.25, 0.3) is 0 Å². The number of hydrogen-bond acceptors (Lipinski definition) is 5. The molecule has 0 spiro atoms. The Hall–Kier alpha value is -3.41. The van der Waals surface area contributed by atoms with Gasteiger partial charge in [0.25, 0.3) is 5.69 Å². The van der Waals surface area contributed by atoms with E-state index in [1.807, 2.05) is 54.6 Å². The number of aryl methyl sites for hydroxylation is 1. The van der Waals surface area contributed by atoms with Crippen LogP contribution < -0.4 is 10.1 Å². The van der Waals surface area contributed by atoms with Gasteiger partial charge in [-0.2, -0.15) is 0 Å². The van der Waals surface area contributed by atoms with E-state index >= 15 is 0 Å². The van der Waals surface area contributed by atoms with Crippen molar-refractivity contribution in [3.8, 4) is 5.75 Å². The van der Waals surface area contributed by atoms with Gasteiger partial charge >= 0.3 is 0 Å². The maximum Gasteiger partial charge on any atom is 0.290 e. The molecule has 0 saturated carbocycles. The molecule has 1 atom stereocenters. The van der Waals surface area contributed by atoms with Crippen molar-refractivity contribution in [2.45, 2.75) is 13.0 Å². The molecule has 0 aliphatic rings. The summed E-state index contributed by atoms with van der Waals surface area (Å²) in [6.07, 6.45) is 1.28. The van der Waals surface area contributed by atoms with Gasteiger partial charge in [0.15, 0.2) is 0 Å². The lowest BCUT2D eigenvalue weighted by Crippen LogP contribution is -2.14. The van der Waals surface area contributed by atoms with Gasteiger partial charge in [-0.05, 0) is 24.6 Å². The Morgan fingerprint density at radius 3 is 2.46 bits per heavy atom. The van der Waals surface area contributed by atoms with E-state index in [0.29, 0.717) is 11.4 Å². The second kappa shape index (κ2) is 7.65. The second-order valence-electron chi connectivity index (χ2n) is 5.84. The molecular weight excluding hydrogens is 330 g/mol. The third-order valence-electron chi connectivity index (χ3n) is 4.15. The molecule has 6 nitrogen and oxygen atoms in total. The van der Waals surface area contributed by atoms with Crippen LogP contribution >= 0.6 is 0 Å². The highest BCUT2D eigenvalue weighted by Crippen LogP contribution is 2.33. The molecule has 6 heteroatoms. The van der Waals surface area contributed by atoms with Crippen LogP contribution in [-0.4, -0.2) is 17.0 Å². The van der Waals surface area contributed by atoms with Crippen molar-refractivity contribution >= 4 is 11.5 Å². The highest BCUT2D eigenvalue weighted by molar-refractivity contribution is 5.52. The molecule has 0 bridgehead atoms. The van der Waals surface area contributed by atoms with E-state index in [-0.39, 0.29) is 11.7 Å². The van der Waals surface area contributed by atoms with Crippen molar-refractivity contribution in [3.63, 3.8) is 0 Å². The lowest BCUT2D eigenvalue weighted by Gasteiger charge is -2.22. The SMILES string of the molecule is COc1ccccc1C(Nc1cc(C)c([N+](=O)[O-])cn1)c1ccccc1. The molecule has 3 aromatic rings. The molecule has 0 aliphatic carbocycles. The van der Waals surface area contributed by atoms with Crippen LogP contribution in [0.4, 0.5) is 11.5 Å². The molecule has 1 aromatic heterocycles. The normalized spacial score (nSPS) is 11.6. The van der Waals surface area contributed by atoms with Crippen LogP contribution in [0, 0.1) is 17.0 Å². The number of ether oxygens (including phenoxy) is 1. The number of anilines is 1. The van der Waals surface area contributed by atoms with Crippen molar-refractivity contribution in [1.29, 1.82) is 0 Å². The number of methoxy groups -OCH3 is 1. The molecule has 1 unspecified atom stereocenters. The number of rotatable bonds is 6. The third-order valence-corrected chi connectivity index (χ3v) is 4.15. The molecule has 26 heavy (non-hydrogen) atoms. The molecule has 0 radical (unpaired) electrons. The summed E-state index contributed by atoms with van der Waals surface area (Å²) in [6.45, 7) is 1.70. The summed E-state index contributed by atoms with van der Waals surface area (Å²) in [6, 6.07) is 19.2. The molecular formula is C20H19N3O3. The minimum atomic E-state index is -0.430. The first-order valence-electron chi connectivity index (χ1n) is 8.15. The summed E-state index contributed by atoms with van der Waals surface area (Å²) in [4.78, 5) is 14.8. The van der Waals surface area contributed by atoms with E-state index in [2.05, 4.69) is 10.3 Å². The fraction of sp³-hybridized carbons (Fsp3) is 0.150. The van der Waals surface area contributed by atoms with E-state index in [0.717, 1.165) is 16.9 Å². The van der Waals surface area contributed by atoms with Gasteiger partial charge in [-0.1, -0.05) is 48.5 Å². The summed E-state index contributed by atoms with van der Waals surface area (Å²) in [5.41, 5.74) is 2.55. The van der Waals surface area contributed by atoms with Crippen molar-refractivity contribution in [2.75, 3.05) is 12.4 Å². The number of nitrogens with zero attached hydrogens (tertiary/aromatic N) is 2. The molecule has 2 aromatic carbocycles. The number of benzene rings is 2. The summed E-state index contributed by atoms with van der Waals surface area (Å²) >= 11 is 0. The van der Waals surface area contributed by atoms with E-state index in [4.69, 9.17) is 4.74 Å². The highest BCUT2D eigenvalue weighted by atomic mass is 16.6. The minimum absolute atomic E-state index is 0.00380. The highest BCUT2D eigenvalue weighted by Gasteiger charge is 2.19. The molecule has 3 rings (SSSR count). The maximum atomic E-state index is 11.0. The number of aromatic nitrogens is 1. The van der Waals surface area contributed by atoms with Crippen LogP contribution in [-0.2, 0) is 0 Å². The van der Waals surface area contributed by atoms with Gasteiger partial charge in [-0.15, -0.1) is 0 Å². The molecule has 0 saturated heterocycles. The Balaban J connectivity index is 2.02. The Kier molecular flexibility index (Phi) is 5.12. The van der Waals surface area contributed by atoms with E-state index in [9.17, 15) is 10.1 Å². The molecule has 1 heterocycles. The predicted molar refractivity (Wildman–Crippen MR) is 101 cm³/mol. The zero-order chi connectivity index (χ0) is 18.5. The minimum Gasteiger partial charge on any atom is -0.496 e. The first-order valence-corrected chi connectivity index (χ1v) is 8.15. The van der Waals surface area contributed by atoms with Crippen molar-refractivity contribution in [3.05, 3.63) is 93.7 Å². The number of pyridine rings is 1. The van der Waals surface area contributed by atoms with E-state index < -0.39 is 4.92 Å². The van der Waals surface area contributed by atoms with Crippen LogP contribution in [0.3, 0.4) is 0 Å². The van der Waals surface area contributed by atoms with Crippen LogP contribution in [0.1, 0.15) is 22.7 Å². The fourth-order valence-electron chi connectivity index (χ4n) is 2.86. The van der Waals surface area contributed by atoms with Gasteiger partial charge in [0.05, 0.1) is 18.1 Å². The lowest BCUT2D eigenvalue weighted by atomic mass is 9.97. The lowest BCUT2D eigenvalue weighted by molar-refractivity contribution is -0.385. The van der Waals surface area contributed by atoms with Crippen LogP contribution in [0.5, 0.6) is 5.75 Å². The zero-order valence-electron chi connectivity index (χ0n) is 14.5. The van der Waals surface area contributed by atoms with Gasteiger partial charge < -0.3 is 10.1 Å². The quantitative estimate of drug-likeness (QED) is 0.523. The average molecular weight is 349 g/mol. The summed E-state index contributed by atoms with van der Waals surface area (Å²) in [7, 11) is 1.63. The van der Waals surface area contributed by atoms with Gasteiger partial charge in [-0.3, -0.25) is 10.1 Å². The van der Waals surface area contributed by atoms with Gasteiger partial charge in [0.1, 0.15) is 17.8 Å². The van der Waals surface area contributed by atoms with E-state index in [1.54, 1.807) is 20.1 Å². The van der Waals surface area contributed by atoms with Crippen LogP contribution in [0.15, 0.2) is 66.9 Å². The largest absolute Gasteiger partial charge is 0.496 e. The number of para-hydroxylation sites is 1. The predicted octanol–water partition coefficient (Wildman–Crippen LogP) is 4.51. The maximum absolute atomic E-state index is 11.0. The Labute approximate surface area is 151 Å². The van der Waals surface area contributed by atoms with Crippen LogP contribution in [0.2, 0.25) is 0 Å². The smallest absolute Gasteiger partial charge is 0.290 e. The first-order chi connectivity index (χ1) is 12.6. The van der Waals surface area contributed by atoms with Crippen molar-refractivity contribution in [2.24, 2.45) is 0 Å². The Morgan fingerprint density at radius 2 is 1.81 bits per heavy atom. The zero-order valence-corrected chi connectivity index (χ0v) is 14.5. The summed E-state index contributed by atoms with van der Waals surface area (Å²) < 4.78 is 5.51. The Bertz CT molecular complexity index is 913. The van der Waals surface area contributed by atoms with Crippen molar-refractivity contribution < 1.29 is 9.66 Å². The van der Waals surface area contributed by atoms with Gasteiger partial charge in [0, 0.05) is 11.1 Å². The Morgan fingerprint density at radius 1 is 1.12 bits per heavy atom. The summed E-state index contributed by atoms with van der Waals surface area (Å²) in [5.74, 6) is 1.32. The fourth-order valence-corrected chi connectivity index (χ4v) is 2.86. The molecule has 0 aliphatic heterocycles. The summed E-state index contributed by atoms with van der Waals surface area (Å²) in [5, 5.41) is 14.4.